The Labute approximate surface area is 110 Å². The van der Waals surface area contributed by atoms with E-state index in [9.17, 15) is 4.79 Å². The largest absolute Gasteiger partial charge is 0.468 e. The highest BCUT2D eigenvalue weighted by molar-refractivity contribution is 5.76. The van der Waals surface area contributed by atoms with E-state index in [0.29, 0.717) is 0 Å². The lowest BCUT2D eigenvalue weighted by Gasteiger charge is -2.24. The van der Waals surface area contributed by atoms with Crippen molar-refractivity contribution in [3.8, 4) is 0 Å². The van der Waals surface area contributed by atoms with E-state index in [-0.39, 0.29) is 24.0 Å². The maximum absolute atomic E-state index is 11.7. The third-order valence-electron chi connectivity index (χ3n) is 3.13. The average molecular weight is 249 g/mol. The molecular formula is C15H23NO2. The molecular weight excluding hydrogens is 226 g/mol. The molecule has 2 atom stereocenters. The maximum atomic E-state index is 11.7. The maximum Gasteiger partial charge on any atom is 0.323 e. The molecule has 3 nitrogen and oxygen atoms in total. The molecule has 0 aliphatic heterocycles. The van der Waals surface area contributed by atoms with E-state index >= 15 is 0 Å². The van der Waals surface area contributed by atoms with Gasteiger partial charge in [0, 0.05) is 6.04 Å². The zero-order valence-electron chi connectivity index (χ0n) is 11.9. The Morgan fingerprint density at radius 2 is 1.72 bits per heavy atom. The normalized spacial score (nSPS) is 14.3. The van der Waals surface area contributed by atoms with E-state index in [4.69, 9.17) is 4.74 Å². The van der Waals surface area contributed by atoms with Crippen molar-refractivity contribution in [2.24, 2.45) is 5.92 Å². The molecule has 0 bridgehead atoms. The lowest BCUT2D eigenvalue weighted by molar-refractivity contribution is -0.144. The van der Waals surface area contributed by atoms with Crippen molar-refractivity contribution in [2.45, 2.75) is 39.8 Å². The standard InChI is InChI=1S/C15H23NO2/c1-10(2)14(15(17)18-5)16-12(4)13-8-6-11(3)7-9-13/h6-10,12,14,16H,1-5H3. The van der Waals surface area contributed by atoms with Gasteiger partial charge in [0.1, 0.15) is 6.04 Å². The first-order chi connectivity index (χ1) is 8.45. The number of rotatable bonds is 5. The number of esters is 1. The molecule has 1 aromatic rings. The van der Waals surface area contributed by atoms with Crippen LogP contribution >= 0.6 is 0 Å². The smallest absolute Gasteiger partial charge is 0.323 e. The monoisotopic (exact) mass is 249 g/mol. The SMILES string of the molecule is COC(=O)C(NC(C)c1ccc(C)cc1)C(C)C. The quantitative estimate of drug-likeness (QED) is 0.815. The minimum absolute atomic E-state index is 0.122. The molecule has 1 rings (SSSR count). The summed E-state index contributed by atoms with van der Waals surface area (Å²) in [5.74, 6) is -0.00527. The van der Waals surface area contributed by atoms with Crippen LogP contribution in [0.2, 0.25) is 0 Å². The van der Waals surface area contributed by atoms with E-state index in [1.807, 2.05) is 13.8 Å². The molecule has 1 N–H and O–H groups in total. The first-order valence-corrected chi connectivity index (χ1v) is 6.36. The first-order valence-electron chi connectivity index (χ1n) is 6.36. The van der Waals surface area contributed by atoms with Gasteiger partial charge in [-0.05, 0) is 25.3 Å². The van der Waals surface area contributed by atoms with E-state index in [2.05, 4.69) is 43.4 Å². The highest BCUT2D eigenvalue weighted by Crippen LogP contribution is 2.16. The molecule has 0 heterocycles. The number of carbonyl (C=O) groups is 1. The van der Waals surface area contributed by atoms with Gasteiger partial charge in [0.25, 0.3) is 0 Å². The summed E-state index contributed by atoms with van der Waals surface area (Å²) < 4.78 is 4.83. The number of carbonyl (C=O) groups excluding carboxylic acids is 1. The van der Waals surface area contributed by atoms with Crippen LogP contribution in [-0.2, 0) is 9.53 Å². The summed E-state index contributed by atoms with van der Waals surface area (Å²) in [5, 5.41) is 3.33. The minimum atomic E-state index is -0.272. The van der Waals surface area contributed by atoms with Crippen molar-refractivity contribution in [3.05, 3.63) is 35.4 Å². The van der Waals surface area contributed by atoms with Gasteiger partial charge >= 0.3 is 5.97 Å². The first kappa shape index (κ1) is 14.7. The number of ether oxygens (including phenoxy) is 1. The van der Waals surface area contributed by atoms with Gasteiger partial charge in [-0.1, -0.05) is 43.7 Å². The van der Waals surface area contributed by atoms with Crippen LogP contribution in [0.4, 0.5) is 0 Å². The summed E-state index contributed by atoms with van der Waals surface area (Å²) in [5.41, 5.74) is 2.41. The minimum Gasteiger partial charge on any atom is -0.468 e. The number of hydrogen-bond donors (Lipinski definition) is 1. The summed E-state index contributed by atoms with van der Waals surface area (Å²) in [7, 11) is 1.43. The molecule has 1 aromatic carbocycles. The molecule has 18 heavy (non-hydrogen) atoms. The molecule has 100 valence electrons. The zero-order chi connectivity index (χ0) is 13.7. The Balaban J connectivity index is 2.75. The molecule has 0 saturated heterocycles. The second kappa shape index (κ2) is 6.55. The summed E-state index contributed by atoms with van der Waals surface area (Å²) in [4.78, 5) is 11.7. The van der Waals surface area contributed by atoms with Crippen molar-refractivity contribution in [3.63, 3.8) is 0 Å². The van der Waals surface area contributed by atoms with Gasteiger partial charge in [0.2, 0.25) is 0 Å². The van der Waals surface area contributed by atoms with Gasteiger partial charge in [0.05, 0.1) is 7.11 Å². The van der Waals surface area contributed by atoms with Crippen LogP contribution in [-0.4, -0.2) is 19.1 Å². The highest BCUT2D eigenvalue weighted by atomic mass is 16.5. The molecule has 0 radical (unpaired) electrons. The van der Waals surface area contributed by atoms with Crippen molar-refractivity contribution in [1.82, 2.24) is 5.32 Å². The van der Waals surface area contributed by atoms with Gasteiger partial charge in [-0.3, -0.25) is 10.1 Å². The zero-order valence-corrected chi connectivity index (χ0v) is 11.9. The van der Waals surface area contributed by atoms with E-state index in [1.165, 1.54) is 18.2 Å². The Hall–Kier alpha value is -1.35. The van der Waals surface area contributed by atoms with Crippen LogP contribution in [0.1, 0.15) is 37.9 Å². The molecule has 0 amide bonds. The van der Waals surface area contributed by atoms with Gasteiger partial charge in [-0.25, -0.2) is 0 Å². The molecule has 2 unspecified atom stereocenters. The fourth-order valence-electron chi connectivity index (χ4n) is 1.88. The van der Waals surface area contributed by atoms with E-state index in [1.54, 1.807) is 0 Å². The van der Waals surface area contributed by atoms with Gasteiger partial charge in [0.15, 0.2) is 0 Å². The van der Waals surface area contributed by atoms with Crippen LogP contribution in [0.15, 0.2) is 24.3 Å². The fraction of sp³-hybridized carbons (Fsp3) is 0.533. The van der Waals surface area contributed by atoms with Crippen molar-refractivity contribution < 1.29 is 9.53 Å². The second-order valence-electron chi connectivity index (χ2n) is 5.04. The van der Waals surface area contributed by atoms with Crippen molar-refractivity contribution in [2.75, 3.05) is 7.11 Å². The Morgan fingerprint density at radius 1 is 1.17 bits per heavy atom. The van der Waals surface area contributed by atoms with Crippen LogP contribution in [0.3, 0.4) is 0 Å². The third-order valence-corrected chi connectivity index (χ3v) is 3.13. The molecule has 0 aromatic heterocycles. The summed E-state index contributed by atoms with van der Waals surface area (Å²) in [6.45, 7) is 8.14. The Bertz CT molecular complexity index is 384. The molecule has 0 fully saturated rings. The molecule has 3 heteroatoms. The number of methoxy groups -OCH3 is 1. The number of benzene rings is 1. The van der Waals surface area contributed by atoms with Gasteiger partial charge in [-0.2, -0.15) is 0 Å². The summed E-state index contributed by atoms with van der Waals surface area (Å²) >= 11 is 0. The second-order valence-corrected chi connectivity index (χ2v) is 5.04. The van der Waals surface area contributed by atoms with Crippen LogP contribution < -0.4 is 5.32 Å². The number of aryl methyl sites for hydroxylation is 1. The Morgan fingerprint density at radius 3 is 2.17 bits per heavy atom. The Kier molecular flexibility index (Phi) is 5.35. The molecule has 0 aliphatic carbocycles. The number of nitrogens with one attached hydrogen (secondary N) is 1. The fourth-order valence-corrected chi connectivity index (χ4v) is 1.88. The third kappa shape index (κ3) is 3.84. The summed E-state index contributed by atoms with van der Waals surface area (Å²) in [6, 6.07) is 8.18. The van der Waals surface area contributed by atoms with Crippen molar-refractivity contribution in [1.29, 1.82) is 0 Å². The van der Waals surface area contributed by atoms with E-state index in [0.717, 1.165) is 0 Å². The number of hydrogen-bond acceptors (Lipinski definition) is 3. The highest BCUT2D eigenvalue weighted by Gasteiger charge is 2.24. The lowest BCUT2D eigenvalue weighted by atomic mass is 10.0. The molecule has 0 aliphatic rings. The molecule has 0 saturated carbocycles. The summed E-state index contributed by atoms with van der Waals surface area (Å²) in [6.07, 6.45) is 0. The predicted octanol–water partition coefficient (Wildman–Crippen LogP) is 2.84. The van der Waals surface area contributed by atoms with Crippen molar-refractivity contribution >= 4 is 5.97 Å². The molecule has 0 spiro atoms. The lowest BCUT2D eigenvalue weighted by Crippen LogP contribution is -2.42. The van der Waals surface area contributed by atoms with Crippen LogP contribution in [0, 0.1) is 12.8 Å². The predicted molar refractivity (Wildman–Crippen MR) is 73.4 cm³/mol. The average Bonchev–Trinajstić information content (AvgIpc) is 2.35. The van der Waals surface area contributed by atoms with Gasteiger partial charge in [-0.15, -0.1) is 0 Å². The van der Waals surface area contributed by atoms with Crippen LogP contribution in [0.25, 0.3) is 0 Å². The van der Waals surface area contributed by atoms with Crippen LogP contribution in [0.5, 0.6) is 0 Å². The van der Waals surface area contributed by atoms with Gasteiger partial charge < -0.3 is 4.74 Å². The topological polar surface area (TPSA) is 38.3 Å². The van der Waals surface area contributed by atoms with E-state index < -0.39 is 0 Å².